The molecule has 0 radical (unpaired) electrons. The van der Waals surface area contributed by atoms with Crippen molar-refractivity contribution in [3.05, 3.63) is 29.8 Å². The third-order valence-corrected chi connectivity index (χ3v) is 4.73. The van der Waals surface area contributed by atoms with Gasteiger partial charge in [-0.25, -0.2) is 4.79 Å². The Bertz CT molecular complexity index is 535. The van der Waals surface area contributed by atoms with Gasteiger partial charge in [0.1, 0.15) is 0 Å². The lowest BCUT2D eigenvalue weighted by molar-refractivity contribution is 0.00468. The number of carbonyl (C=O) groups excluding carboxylic acids is 1. The number of carbonyl (C=O) groups is 1. The van der Waals surface area contributed by atoms with Gasteiger partial charge >= 0.3 is 6.03 Å². The number of aliphatic hydroxyl groups is 1. The van der Waals surface area contributed by atoms with Crippen molar-refractivity contribution in [2.24, 2.45) is 5.92 Å². The van der Waals surface area contributed by atoms with Crippen LogP contribution in [0.1, 0.15) is 57.9 Å². The number of aliphatic hydroxyl groups excluding tert-OH is 1. The summed E-state index contributed by atoms with van der Waals surface area (Å²) in [6, 6.07) is 7.62. The van der Waals surface area contributed by atoms with Crippen molar-refractivity contribution in [2.75, 3.05) is 11.9 Å². The van der Waals surface area contributed by atoms with Crippen LogP contribution < -0.4 is 10.6 Å². The largest absolute Gasteiger partial charge is 0.396 e. The first kappa shape index (κ1) is 19.7. The first-order chi connectivity index (χ1) is 12.1. The van der Waals surface area contributed by atoms with E-state index in [0.717, 1.165) is 36.4 Å². The number of nitrogens with one attached hydrogen (secondary N) is 2. The van der Waals surface area contributed by atoms with Crippen LogP contribution in [0.2, 0.25) is 0 Å². The number of anilines is 1. The van der Waals surface area contributed by atoms with E-state index in [2.05, 4.69) is 17.6 Å². The number of urea groups is 1. The lowest BCUT2D eigenvalue weighted by Crippen LogP contribution is -2.36. The van der Waals surface area contributed by atoms with Crippen molar-refractivity contribution in [3.63, 3.8) is 0 Å². The molecule has 5 nitrogen and oxygen atoms in total. The maximum absolute atomic E-state index is 12.0. The van der Waals surface area contributed by atoms with Crippen molar-refractivity contribution in [1.29, 1.82) is 0 Å². The van der Waals surface area contributed by atoms with E-state index in [1.807, 2.05) is 31.2 Å². The van der Waals surface area contributed by atoms with Crippen LogP contribution in [0, 0.1) is 5.92 Å². The van der Waals surface area contributed by atoms with Gasteiger partial charge in [-0.15, -0.1) is 0 Å². The average Bonchev–Trinajstić information content (AvgIpc) is 2.58. The van der Waals surface area contributed by atoms with Gasteiger partial charge in [-0.3, -0.25) is 0 Å². The first-order valence-electron chi connectivity index (χ1n) is 9.45. The van der Waals surface area contributed by atoms with E-state index >= 15 is 0 Å². The van der Waals surface area contributed by atoms with E-state index in [9.17, 15) is 4.79 Å². The van der Waals surface area contributed by atoms with Gasteiger partial charge in [0.2, 0.25) is 0 Å². The zero-order valence-electron chi connectivity index (χ0n) is 15.5. The topological polar surface area (TPSA) is 70.6 Å². The molecule has 0 saturated heterocycles. The number of hydrogen-bond acceptors (Lipinski definition) is 3. The van der Waals surface area contributed by atoms with E-state index in [4.69, 9.17) is 9.84 Å². The monoisotopic (exact) mass is 348 g/mol. The zero-order chi connectivity index (χ0) is 18.1. The number of ether oxygens (including phenoxy) is 1. The van der Waals surface area contributed by atoms with Crippen molar-refractivity contribution in [2.45, 2.75) is 71.1 Å². The van der Waals surface area contributed by atoms with Gasteiger partial charge in [0, 0.05) is 18.3 Å². The Morgan fingerprint density at radius 2 is 2.24 bits per heavy atom. The van der Waals surface area contributed by atoms with E-state index in [1.54, 1.807) is 0 Å². The predicted molar refractivity (Wildman–Crippen MR) is 101 cm³/mol. The van der Waals surface area contributed by atoms with E-state index in [-0.39, 0.29) is 18.7 Å². The highest BCUT2D eigenvalue weighted by atomic mass is 16.5. The second-order valence-electron chi connectivity index (χ2n) is 7.27. The van der Waals surface area contributed by atoms with Crippen LogP contribution in [0.4, 0.5) is 10.5 Å². The minimum atomic E-state index is -0.218. The molecule has 3 N–H and O–H groups in total. The van der Waals surface area contributed by atoms with Crippen LogP contribution in [0.3, 0.4) is 0 Å². The minimum Gasteiger partial charge on any atom is -0.396 e. The zero-order valence-corrected chi connectivity index (χ0v) is 15.5. The normalized spacial score (nSPS) is 21.6. The maximum atomic E-state index is 12.0. The molecule has 5 heteroatoms. The molecule has 2 amide bonds. The number of rotatable bonds is 8. The highest BCUT2D eigenvalue weighted by Gasteiger charge is 2.19. The molecule has 1 saturated carbocycles. The molecule has 0 aliphatic heterocycles. The molecular weight excluding hydrogens is 316 g/mol. The Hall–Kier alpha value is -1.59. The van der Waals surface area contributed by atoms with Crippen LogP contribution in [0.15, 0.2) is 24.3 Å². The summed E-state index contributed by atoms with van der Waals surface area (Å²) in [6.45, 7) is 4.96. The standard InChI is InChI=1S/C20H32N2O3/c1-15-6-3-10-19(12-15)25-14-17-8-4-9-18(13-17)22-20(24)21-16(2)7-5-11-23/h4,8-9,13,15-16,19,23H,3,5-7,10-12,14H2,1-2H3,(H2,21,22,24). The van der Waals surface area contributed by atoms with Gasteiger partial charge in [0.15, 0.2) is 0 Å². The Balaban J connectivity index is 1.78. The summed E-state index contributed by atoms with van der Waals surface area (Å²) in [7, 11) is 0. The Kier molecular flexibility index (Phi) is 8.22. The molecule has 2 rings (SSSR count). The summed E-state index contributed by atoms with van der Waals surface area (Å²) in [5.41, 5.74) is 1.84. The second kappa shape index (κ2) is 10.4. The second-order valence-corrected chi connectivity index (χ2v) is 7.27. The maximum Gasteiger partial charge on any atom is 0.319 e. The molecule has 0 spiro atoms. The molecule has 1 aromatic carbocycles. The fraction of sp³-hybridized carbons (Fsp3) is 0.650. The Labute approximate surface area is 151 Å². The van der Waals surface area contributed by atoms with Gasteiger partial charge in [0.25, 0.3) is 0 Å². The van der Waals surface area contributed by atoms with Crippen molar-refractivity contribution in [3.8, 4) is 0 Å². The molecule has 1 fully saturated rings. The van der Waals surface area contributed by atoms with Gasteiger partial charge in [-0.2, -0.15) is 0 Å². The molecule has 3 unspecified atom stereocenters. The minimum absolute atomic E-state index is 0.0342. The molecule has 1 aliphatic rings. The molecule has 25 heavy (non-hydrogen) atoms. The SMILES string of the molecule is CC1CCCC(OCc2cccc(NC(=O)NC(C)CCCO)c2)C1. The fourth-order valence-corrected chi connectivity index (χ4v) is 3.34. The fourth-order valence-electron chi connectivity index (χ4n) is 3.34. The quantitative estimate of drug-likeness (QED) is 0.663. The highest BCUT2D eigenvalue weighted by molar-refractivity contribution is 5.89. The summed E-state index contributed by atoms with van der Waals surface area (Å²) in [4.78, 5) is 12.0. The average molecular weight is 348 g/mol. The molecule has 0 bridgehead atoms. The lowest BCUT2D eigenvalue weighted by atomic mass is 9.89. The van der Waals surface area contributed by atoms with Gasteiger partial charge in [-0.1, -0.05) is 31.9 Å². The smallest absolute Gasteiger partial charge is 0.319 e. The molecule has 140 valence electrons. The van der Waals surface area contributed by atoms with Crippen molar-refractivity contribution in [1.82, 2.24) is 5.32 Å². The molecule has 0 aromatic heterocycles. The lowest BCUT2D eigenvalue weighted by Gasteiger charge is -2.26. The molecular formula is C20H32N2O3. The Morgan fingerprint density at radius 3 is 3.00 bits per heavy atom. The van der Waals surface area contributed by atoms with Crippen molar-refractivity contribution >= 4 is 11.7 Å². The van der Waals surface area contributed by atoms with Crippen LogP contribution in [-0.4, -0.2) is 29.9 Å². The van der Waals surface area contributed by atoms with Crippen LogP contribution in [0.25, 0.3) is 0 Å². The summed E-state index contributed by atoms with van der Waals surface area (Å²) in [5.74, 6) is 0.753. The van der Waals surface area contributed by atoms with Crippen LogP contribution in [-0.2, 0) is 11.3 Å². The van der Waals surface area contributed by atoms with Gasteiger partial charge in [0.05, 0.1) is 12.7 Å². The highest BCUT2D eigenvalue weighted by Crippen LogP contribution is 2.26. The van der Waals surface area contributed by atoms with Crippen LogP contribution in [0.5, 0.6) is 0 Å². The predicted octanol–water partition coefficient (Wildman–Crippen LogP) is 4.06. The third-order valence-electron chi connectivity index (χ3n) is 4.73. The van der Waals surface area contributed by atoms with Gasteiger partial charge < -0.3 is 20.5 Å². The summed E-state index contributed by atoms with van der Waals surface area (Å²) >= 11 is 0. The van der Waals surface area contributed by atoms with Crippen molar-refractivity contribution < 1.29 is 14.6 Å². The summed E-state index contributed by atoms with van der Waals surface area (Å²) < 4.78 is 6.06. The van der Waals surface area contributed by atoms with E-state index < -0.39 is 0 Å². The van der Waals surface area contributed by atoms with Gasteiger partial charge in [-0.05, 0) is 56.2 Å². The summed E-state index contributed by atoms with van der Waals surface area (Å²) in [5, 5.41) is 14.6. The molecule has 3 atom stereocenters. The van der Waals surface area contributed by atoms with E-state index in [1.165, 1.54) is 12.8 Å². The first-order valence-corrected chi connectivity index (χ1v) is 9.45. The number of amides is 2. The number of benzene rings is 1. The van der Waals surface area contributed by atoms with E-state index in [0.29, 0.717) is 19.1 Å². The third kappa shape index (κ3) is 7.45. The summed E-state index contributed by atoms with van der Waals surface area (Å²) in [6.07, 6.45) is 6.66. The Morgan fingerprint density at radius 1 is 1.40 bits per heavy atom. The molecule has 1 aromatic rings. The van der Waals surface area contributed by atoms with Crippen LogP contribution >= 0.6 is 0 Å². The molecule has 0 heterocycles. The molecule has 1 aliphatic carbocycles. The number of hydrogen-bond donors (Lipinski definition) is 3.